The monoisotopic (exact) mass is 528 g/mol. The normalized spacial score (nSPS) is 14.3. The van der Waals surface area contributed by atoms with Crippen molar-refractivity contribution >= 4 is 23.2 Å². The van der Waals surface area contributed by atoms with Crippen LogP contribution in [-0.2, 0) is 30.1 Å². The molecule has 0 aliphatic carbocycles. The Kier molecular flexibility index (Phi) is 7.64. The Bertz CT molecular complexity index is 1530. The summed E-state index contributed by atoms with van der Waals surface area (Å²) < 4.78 is 7.02. The molecule has 194 valence electrons. The second kappa shape index (κ2) is 10.8. The Labute approximate surface area is 227 Å². The maximum absolute atomic E-state index is 13.6. The Morgan fingerprint density at radius 3 is 2.58 bits per heavy atom. The zero-order chi connectivity index (χ0) is 27.6. The number of pyridine rings is 1. The van der Waals surface area contributed by atoms with Gasteiger partial charge < -0.3 is 19.9 Å². The van der Waals surface area contributed by atoms with Crippen LogP contribution < -0.4 is 20.9 Å². The van der Waals surface area contributed by atoms with Crippen molar-refractivity contribution in [1.82, 2.24) is 4.57 Å². The van der Waals surface area contributed by atoms with Crippen LogP contribution in [0.15, 0.2) is 53.3 Å². The van der Waals surface area contributed by atoms with Crippen molar-refractivity contribution in [3.63, 3.8) is 0 Å². The van der Waals surface area contributed by atoms with Crippen LogP contribution in [-0.4, -0.2) is 29.7 Å². The molecule has 3 aromatic rings. The first kappa shape index (κ1) is 27.0. The maximum Gasteiger partial charge on any atom is 0.254 e. The molecule has 1 aromatic heterocycles. The second-order valence-corrected chi connectivity index (χ2v) is 10.5. The minimum absolute atomic E-state index is 0.165. The SMILES string of the molecule is C#CCOc1ccc(C[C@H](N)C(=O)N2CC(C)(C)c3c2cc(Cc2ccc(Cl)cc2C#N)c(=O)n3C)cc1. The Morgan fingerprint density at radius 1 is 1.21 bits per heavy atom. The fraction of sp³-hybridized carbons (Fsp3) is 0.300. The van der Waals surface area contributed by atoms with Crippen molar-refractivity contribution < 1.29 is 9.53 Å². The van der Waals surface area contributed by atoms with Gasteiger partial charge >= 0.3 is 0 Å². The average Bonchev–Trinajstić information content (AvgIpc) is 3.17. The van der Waals surface area contributed by atoms with E-state index in [1.54, 1.807) is 52.9 Å². The van der Waals surface area contributed by atoms with Crippen LogP contribution >= 0.6 is 11.6 Å². The topological polar surface area (TPSA) is 101 Å². The minimum atomic E-state index is -0.781. The molecule has 2 N–H and O–H groups in total. The van der Waals surface area contributed by atoms with E-state index >= 15 is 0 Å². The first-order valence-electron chi connectivity index (χ1n) is 12.2. The number of terminal acetylenes is 1. The summed E-state index contributed by atoms with van der Waals surface area (Å²) in [7, 11) is 1.72. The van der Waals surface area contributed by atoms with Gasteiger partial charge in [0.05, 0.1) is 29.1 Å². The molecule has 0 radical (unpaired) electrons. The zero-order valence-electron chi connectivity index (χ0n) is 21.6. The van der Waals surface area contributed by atoms with Crippen LogP contribution in [0.25, 0.3) is 0 Å². The van der Waals surface area contributed by atoms with Gasteiger partial charge in [-0.05, 0) is 47.9 Å². The van der Waals surface area contributed by atoms with E-state index in [9.17, 15) is 14.9 Å². The Hall–Kier alpha value is -4.04. The summed E-state index contributed by atoms with van der Waals surface area (Å²) in [6.07, 6.45) is 5.81. The van der Waals surface area contributed by atoms with Crippen LogP contribution in [0.5, 0.6) is 5.75 Å². The van der Waals surface area contributed by atoms with Gasteiger partial charge in [0.15, 0.2) is 0 Å². The number of amides is 1. The lowest BCUT2D eigenvalue weighted by atomic mass is 9.90. The van der Waals surface area contributed by atoms with Crippen molar-refractivity contribution in [2.75, 3.05) is 18.1 Å². The molecule has 1 amide bonds. The summed E-state index contributed by atoms with van der Waals surface area (Å²) >= 11 is 6.05. The first-order chi connectivity index (χ1) is 18.1. The lowest BCUT2D eigenvalue weighted by Gasteiger charge is -2.23. The van der Waals surface area contributed by atoms with Crippen molar-refractivity contribution in [2.24, 2.45) is 12.8 Å². The molecular weight excluding hydrogens is 500 g/mol. The fourth-order valence-corrected chi connectivity index (χ4v) is 5.24. The quantitative estimate of drug-likeness (QED) is 0.471. The molecule has 7 nitrogen and oxygen atoms in total. The third kappa shape index (κ3) is 5.31. The summed E-state index contributed by atoms with van der Waals surface area (Å²) in [6, 6.07) is 15.5. The molecule has 2 heterocycles. The number of aromatic nitrogens is 1. The van der Waals surface area contributed by atoms with Gasteiger partial charge in [-0.3, -0.25) is 9.59 Å². The number of hydrogen-bond donors (Lipinski definition) is 1. The van der Waals surface area contributed by atoms with E-state index < -0.39 is 11.5 Å². The van der Waals surface area contributed by atoms with Crippen LogP contribution in [0.1, 0.15) is 41.8 Å². The molecule has 8 heteroatoms. The second-order valence-electron chi connectivity index (χ2n) is 10.1. The number of hydrogen-bond acceptors (Lipinski definition) is 5. The number of benzene rings is 2. The van der Waals surface area contributed by atoms with Crippen molar-refractivity contribution in [1.29, 1.82) is 5.26 Å². The standard InChI is InChI=1S/C30H29ClN4O3/c1-5-12-38-24-10-6-19(7-11-24)13-25(33)29(37)35-18-30(2,3)27-26(35)16-21(28(36)34(27)4)14-20-8-9-23(31)15-22(20)17-32/h1,6-11,15-16,25H,12-14,18,33H2,2-4H3/t25-/m0/s1. The number of fused-ring (bicyclic) bond motifs is 1. The third-order valence-corrected chi connectivity index (χ3v) is 7.05. The van der Waals surface area contributed by atoms with Gasteiger partial charge in [-0.2, -0.15) is 5.26 Å². The molecule has 2 aromatic carbocycles. The highest BCUT2D eigenvalue weighted by Crippen LogP contribution is 2.40. The molecular formula is C30H29ClN4O3. The molecule has 0 unspecified atom stereocenters. The van der Waals surface area contributed by atoms with E-state index in [4.69, 9.17) is 28.5 Å². The number of anilines is 1. The van der Waals surface area contributed by atoms with Gasteiger partial charge in [-0.25, -0.2) is 0 Å². The van der Waals surface area contributed by atoms with E-state index in [-0.39, 0.29) is 24.5 Å². The van der Waals surface area contributed by atoms with Gasteiger partial charge in [-0.1, -0.05) is 49.6 Å². The third-order valence-electron chi connectivity index (χ3n) is 6.81. The minimum Gasteiger partial charge on any atom is -0.481 e. The molecule has 0 bridgehead atoms. The van der Waals surface area contributed by atoms with Gasteiger partial charge in [0.2, 0.25) is 5.91 Å². The lowest BCUT2D eigenvalue weighted by molar-refractivity contribution is -0.119. The van der Waals surface area contributed by atoms with Crippen LogP contribution in [0.4, 0.5) is 5.69 Å². The number of carbonyl (C=O) groups excluding carboxylic acids is 1. The molecule has 1 aliphatic heterocycles. The highest BCUT2D eigenvalue weighted by Gasteiger charge is 2.42. The molecule has 1 aliphatic rings. The number of ether oxygens (including phenoxy) is 1. The molecule has 0 saturated heterocycles. The number of nitrogens with zero attached hydrogens (tertiary/aromatic N) is 3. The van der Waals surface area contributed by atoms with Crippen molar-refractivity contribution in [2.45, 2.75) is 38.1 Å². The van der Waals surface area contributed by atoms with E-state index in [0.29, 0.717) is 46.1 Å². The first-order valence-corrected chi connectivity index (χ1v) is 12.6. The number of carbonyl (C=O) groups is 1. The molecule has 38 heavy (non-hydrogen) atoms. The number of halogens is 1. The smallest absolute Gasteiger partial charge is 0.254 e. The lowest BCUT2D eigenvalue weighted by Crippen LogP contribution is -2.46. The molecule has 1 atom stereocenters. The largest absolute Gasteiger partial charge is 0.481 e. The fourth-order valence-electron chi connectivity index (χ4n) is 5.07. The Morgan fingerprint density at radius 2 is 1.92 bits per heavy atom. The zero-order valence-corrected chi connectivity index (χ0v) is 22.4. The van der Waals surface area contributed by atoms with Gasteiger partial charge in [0.1, 0.15) is 12.4 Å². The van der Waals surface area contributed by atoms with Crippen LogP contribution in [0, 0.1) is 23.7 Å². The molecule has 0 spiro atoms. The van der Waals surface area contributed by atoms with E-state index in [2.05, 4.69) is 12.0 Å². The number of nitrogens with two attached hydrogens (primary N) is 1. The van der Waals surface area contributed by atoms with Crippen molar-refractivity contribution in [3.05, 3.63) is 91.9 Å². The number of rotatable bonds is 7. The van der Waals surface area contributed by atoms with Gasteiger partial charge in [0, 0.05) is 36.0 Å². The summed E-state index contributed by atoms with van der Waals surface area (Å²) in [4.78, 5) is 28.6. The average molecular weight is 529 g/mol. The molecule has 4 rings (SSSR count). The van der Waals surface area contributed by atoms with Crippen LogP contribution in [0.2, 0.25) is 5.02 Å². The summed E-state index contributed by atoms with van der Waals surface area (Å²) in [5.74, 6) is 2.85. The molecule has 0 saturated carbocycles. The predicted molar refractivity (Wildman–Crippen MR) is 148 cm³/mol. The highest BCUT2D eigenvalue weighted by molar-refractivity contribution is 6.30. The maximum atomic E-state index is 13.6. The van der Waals surface area contributed by atoms with Gasteiger partial charge in [-0.15, -0.1) is 6.42 Å². The molecule has 0 fully saturated rings. The van der Waals surface area contributed by atoms with Crippen molar-refractivity contribution in [3.8, 4) is 24.2 Å². The number of nitriles is 1. The van der Waals surface area contributed by atoms with E-state index in [1.165, 1.54) is 0 Å². The highest BCUT2D eigenvalue weighted by atomic mass is 35.5. The van der Waals surface area contributed by atoms with E-state index in [1.807, 2.05) is 26.0 Å². The Balaban J connectivity index is 1.64. The summed E-state index contributed by atoms with van der Waals surface area (Å²) in [5, 5.41) is 10.00. The van der Waals surface area contributed by atoms with Crippen LogP contribution in [0.3, 0.4) is 0 Å². The van der Waals surface area contributed by atoms with E-state index in [0.717, 1.165) is 11.3 Å². The summed E-state index contributed by atoms with van der Waals surface area (Å²) in [6.45, 7) is 4.59. The van der Waals surface area contributed by atoms with Gasteiger partial charge in [0.25, 0.3) is 5.56 Å². The predicted octanol–water partition coefficient (Wildman–Crippen LogP) is 3.71. The summed E-state index contributed by atoms with van der Waals surface area (Å²) in [5.41, 5.74) is 9.71.